The number of hydrogen-bond acceptors (Lipinski definition) is 7. The fourth-order valence-electron chi connectivity index (χ4n) is 1.32. The van der Waals surface area contributed by atoms with Crippen molar-refractivity contribution in [1.29, 1.82) is 0 Å². The van der Waals surface area contributed by atoms with Crippen LogP contribution in [0.5, 0.6) is 0 Å². The van der Waals surface area contributed by atoms with Gasteiger partial charge in [0.2, 0.25) is 11.8 Å². The summed E-state index contributed by atoms with van der Waals surface area (Å²) in [4.78, 5) is 23.0. The van der Waals surface area contributed by atoms with Crippen LogP contribution < -0.4 is 16.4 Å². The first-order valence-corrected chi connectivity index (χ1v) is 6.27. The Labute approximate surface area is 116 Å². The van der Waals surface area contributed by atoms with Crippen LogP contribution in [0.25, 0.3) is 0 Å². The molecule has 0 aromatic heterocycles. The Morgan fingerprint density at radius 1 is 0.900 bits per heavy atom. The fourth-order valence-corrected chi connectivity index (χ4v) is 1.32. The molecule has 118 valence electrons. The van der Waals surface area contributed by atoms with E-state index >= 15 is 0 Å². The summed E-state index contributed by atoms with van der Waals surface area (Å²) in [5.41, 5.74) is 5.56. The molecule has 0 saturated heterocycles. The quantitative estimate of drug-likeness (QED) is 0.216. The van der Waals surface area contributed by atoms with E-state index in [4.69, 9.17) is 26.2 Å². The molecule has 0 rings (SSSR count). The molecular weight excluding hydrogens is 270 g/mol. The average Bonchev–Trinajstić information content (AvgIpc) is 2.47. The summed E-state index contributed by atoms with van der Waals surface area (Å²) >= 11 is 0. The second-order valence-electron chi connectivity index (χ2n) is 4.35. The van der Waals surface area contributed by atoms with Gasteiger partial charge in [-0.25, -0.2) is 0 Å². The topological polar surface area (TPSA) is 165 Å². The summed E-state index contributed by atoms with van der Waals surface area (Å²) < 4.78 is 0. The number of carbonyl (C=O) groups is 2. The van der Waals surface area contributed by atoms with Crippen LogP contribution in [-0.4, -0.2) is 76.8 Å². The highest BCUT2D eigenvalue weighted by molar-refractivity contribution is 5.83. The third kappa shape index (κ3) is 7.36. The Kier molecular flexibility index (Phi) is 9.86. The van der Waals surface area contributed by atoms with Gasteiger partial charge in [0.1, 0.15) is 0 Å². The van der Waals surface area contributed by atoms with Crippen LogP contribution in [0.3, 0.4) is 0 Å². The van der Waals surface area contributed by atoms with Gasteiger partial charge in [-0.3, -0.25) is 9.59 Å². The summed E-state index contributed by atoms with van der Waals surface area (Å²) in [6.45, 7) is -1.60. The van der Waals surface area contributed by atoms with Gasteiger partial charge in [-0.05, 0) is 6.42 Å². The van der Waals surface area contributed by atoms with Crippen molar-refractivity contribution in [3.63, 3.8) is 0 Å². The van der Waals surface area contributed by atoms with Crippen molar-refractivity contribution in [2.45, 2.75) is 31.0 Å². The van der Waals surface area contributed by atoms with Crippen molar-refractivity contribution in [3.8, 4) is 0 Å². The number of hydrogen-bond donors (Lipinski definition) is 7. The molecule has 0 bridgehead atoms. The minimum absolute atomic E-state index is 0.0476. The predicted molar refractivity (Wildman–Crippen MR) is 69.4 cm³/mol. The van der Waals surface area contributed by atoms with Gasteiger partial charge in [0.25, 0.3) is 0 Å². The third-order valence-electron chi connectivity index (χ3n) is 2.61. The molecule has 1 atom stereocenters. The highest BCUT2D eigenvalue weighted by atomic mass is 16.3. The highest BCUT2D eigenvalue weighted by Crippen LogP contribution is 1.97. The molecule has 0 aliphatic heterocycles. The van der Waals surface area contributed by atoms with Crippen molar-refractivity contribution >= 4 is 11.8 Å². The molecule has 9 nitrogen and oxygen atoms in total. The normalized spacial score (nSPS) is 12.6. The zero-order valence-electron chi connectivity index (χ0n) is 11.2. The van der Waals surface area contributed by atoms with Crippen LogP contribution >= 0.6 is 0 Å². The molecule has 2 amide bonds. The van der Waals surface area contributed by atoms with Crippen LogP contribution in [0.2, 0.25) is 0 Å². The van der Waals surface area contributed by atoms with Crippen molar-refractivity contribution in [1.82, 2.24) is 10.6 Å². The Morgan fingerprint density at radius 2 is 1.35 bits per heavy atom. The van der Waals surface area contributed by atoms with Gasteiger partial charge in [0.15, 0.2) is 0 Å². The number of nitrogens with two attached hydrogens (primary N) is 1. The minimum Gasteiger partial charge on any atom is -0.394 e. The summed E-state index contributed by atoms with van der Waals surface area (Å²) in [6, 6.07) is -2.47. The van der Waals surface area contributed by atoms with E-state index in [0.717, 1.165) is 0 Å². The maximum atomic E-state index is 11.5. The fraction of sp³-hybridized carbons (Fsp3) is 0.818. The second kappa shape index (κ2) is 10.5. The zero-order chi connectivity index (χ0) is 15.5. The number of aliphatic hydroxyl groups excluding tert-OH is 4. The van der Waals surface area contributed by atoms with Crippen molar-refractivity contribution in [2.75, 3.05) is 26.4 Å². The molecule has 0 radical (unpaired) electrons. The minimum atomic E-state index is -0.956. The molecule has 8 N–H and O–H groups in total. The van der Waals surface area contributed by atoms with Gasteiger partial charge in [-0.1, -0.05) is 0 Å². The van der Waals surface area contributed by atoms with Gasteiger partial charge in [-0.15, -0.1) is 0 Å². The van der Waals surface area contributed by atoms with E-state index in [0.29, 0.717) is 0 Å². The van der Waals surface area contributed by atoms with Crippen LogP contribution in [0.15, 0.2) is 0 Å². The summed E-state index contributed by atoms with van der Waals surface area (Å²) in [5.74, 6) is -1.02. The molecule has 0 aromatic carbocycles. The molecule has 0 saturated carbocycles. The summed E-state index contributed by atoms with van der Waals surface area (Å²) in [7, 11) is 0. The van der Waals surface area contributed by atoms with Gasteiger partial charge in [-0.2, -0.15) is 0 Å². The molecule has 0 heterocycles. The smallest absolute Gasteiger partial charge is 0.237 e. The van der Waals surface area contributed by atoms with E-state index in [1.165, 1.54) is 0 Å². The first-order valence-electron chi connectivity index (χ1n) is 6.27. The maximum absolute atomic E-state index is 11.5. The molecule has 0 aromatic rings. The van der Waals surface area contributed by atoms with E-state index in [-0.39, 0.29) is 26.1 Å². The molecule has 0 unspecified atom stereocenters. The van der Waals surface area contributed by atoms with E-state index < -0.39 is 43.2 Å². The zero-order valence-corrected chi connectivity index (χ0v) is 11.2. The van der Waals surface area contributed by atoms with Crippen molar-refractivity contribution in [3.05, 3.63) is 0 Å². The lowest BCUT2D eigenvalue weighted by Crippen LogP contribution is -2.48. The first kappa shape index (κ1) is 18.7. The number of rotatable bonds is 10. The molecule has 0 aliphatic carbocycles. The van der Waals surface area contributed by atoms with Crippen LogP contribution in [0.4, 0.5) is 0 Å². The standard InChI is InChI=1S/C11H23N3O6/c12-9(11(20)14-8(5-17)6-18)1-2-10(19)13-7(3-15)4-16/h7-9,15-18H,1-6,12H2,(H,13,19)(H,14,20)/t9-/m1/s1. The molecule has 0 spiro atoms. The Morgan fingerprint density at radius 3 is 1.80 bits per heavy atom. The third-order valence-corrected chi connectivity index (χ3v) is 2.61. The van der Waals surface area contributed by atoms with Crippen LogP contribution in [0.1, 0.15) is 12.8 Å². The Balaban J connectivity index is 4.05. The van der Waals surface area contributed by atoms with Gasteiger partial charge in [0, 0.05) is 6.42 Å². The predicted octanol–water partition coefficient (Wildman–Crippen LogP) is -3.97. The lowest BCUT2D eigenvalue weighted by atomic mass is 10.1. The Hall–Kier alpha value is -1.26. The van der Waals surface area contributed by atoms with Gasteiger partial charge < -0.3 is 36.8 Å². The van der Waals surface area contributed by atoms with Crippen molar-refractivity contribution in [2.24, 2.45) is 5.73 Å². The molecule has 0 aliphatic rings. The van der Waals surface area contributed by atoms with E-state index in [1.54, 1.807) is 0 Å². The Bertz CT molecular complexity index is 294. The van der Waals surface area contributed by atoms with Crippen LogP contribution in [0, 0.1) is 0 Å². The number of nitrogens with one attached hydrogen (secondary N) is 2. The molecular formula is C11H23N3O6. The highest BCUT2D eigenvalue weighted by Gasteiger charge is 2.19. The largest absolute Gasteiger partial charge is 0.394 e. The van der Waals surface area contributed by atoms with E-state index in [9.17, 15) is 9.59 Å². The van der Waals surface area contributed by atoms with Gasteiger partial charge >= 0.3 is 0 Å². The van der Waals surface area contributed by atoms with E-state index in [2.05, 4.69) is 10.6 Å². The lowest BCUT2D eigenvalue weighted by molar-refractivity contribution is -0.124. The second-order valence-corrected chi connectivity index (χ2v) is 4.35. The van der Waals surface area contributed by atoms with Crippen molar-refractivity contribution < 1.29 is 30.0 Å². The average molecular weight is 293 g/mol. The molecule has 20 heavy (non-hydrogen) atoms. The summed E-state index contributed by atoms with van der Waals surface area (Å²) in [5, 5.41) is 39.9. The molecule has 9 heteroatoms. The van der Waals surface area contributed by atoms with Gasteiger partial charge in [0.05, 0.1) is 44.6 Å². The summed E-state index contributed by atoms with van der Waals surface area (Å²) in [6.07, 6.45) is 0.0127. The lowest BCUT2D eigenvalue weighted by Gasteiger charge is -2.18. The van der Waals surface area contributed by atoms with E-state index in [1.807, 2.05) is 0 Å². The molecule has 0 fully saturated rings. The number of carbonyl (C=O) groups excluding carboxylic acids is 2. The maximum Gasteiger partial charge on any atom is 0.237 e. The monoisotopic (exact) mass is 293 g/mol. The number of amides is 2. The number of aliphatic hydroxyl groups is 4. The SMILES string of the molecule is N[C@H](CCC(=O)NC(CO)CO)C(=O)NC(CO)CO. The first-order chi connectivity index (χ1) is 9.48. The van der Waals surface area contributed by atoms with Crippen LogP contribution in [-0.2, 0) is 9.59 Å².